The second-order valence-corrected chi connectivity index (χ2v) is 7.60. The molecule has 1 heterocycles. The van der Waals surface area contributed by atoms with Crippen molar-refractivity contribution in [2.75, 3.05) is 11.9 Å². The minimum atomic E-state index is -0.354. The molecule has 0 aliphatic carbocycles. The van der Waals surface area contributed by atoms with Crippen molar-refractivity contribution in [3.05, 3.63) is 100 Å². The monoisotopic (exact) mass is 442 g/mol. The highest BCUT2D eigenvalue weighted by molar-refractivity contribution is 5.91. The molecule has 33 heavy (non-hydrogen) atoms. The molecule has 1 aromatic heterocycles. The summed E-state index contributed by atoms with van der Waals surface area (Å²) in [6.07, 6.45) is 0. The van der Waals surface area contributed by atoms with Crippen molar-refractivity contribution in [3.63, 3.8) is 0 Å². The highest BCUT2D eigenvalue weighted by atomic mass is 16.5. The van der Waals surface area contributed by atoms with Gasteiger partial charge >= 0.3 is 6.03 Å². The SMILES string of the molecule is CCOc1ccccc1NC(=O)N(Cc1nc2ccccc2[nH]c1=O)[C@@H](C)c1ccccc1. The van der Waals surface area contributed by atoms with Gasteiger partial charge in [0.25, 0.3) is 5.56 Å². The van der Waals surface area contributed by atoms with Gasteiger partial charge < -0.3 is 19.9 Å². The fourth-order valence-electron chi connectivity index (χ4n) is 3.67. The molecule has 0 aliphatic heterocycles. The van der Waals surface area contributed by atoms with Gasteiger partial charge in [0.1, 0.15) is 11.4 Å². The number of fused-ring (bicyclic) bond motifs is 1. The number of hydrogen-bond donors (Lipinski definition) is 2. The van der Waals surface area contributed by atoms with Crippen molar-refractivity contribution in [1.82, 2.24) is 14.9 Å². The van der Waals surface area contributed by atoms with Gasteiger partial charge in [-0.05, 0) is 43.7 Å². The molecule has 7 heteroatoms. The van der Waals surface area contributed by atoms with Crippen molar-refractivity contribution in [1.29, 1.82) is 0 Å². The van der Waals surface area contributed by atoms with Crippen LogP contribution in [-0.4, -0.2) is 27.5 Å². The first kappa shape index (κ1) is 22.1. The highest BCUT2D eigenvalue weighted by Crippen LogP contribution is 2.27. The van der Waals surface area contributed by atoms with E-state index in [1.54, 1.807) is 23.1 Å². The minimum absolute atomic E-state index is 0.0405. The maximum atomic E-state index is 13.5. The summed E-state index contributed by atoms with van der Waals surface area (Å²) in [5.74, 6) is 0.586. The molecule has 0 saturated carbocycles. The molecule has 168 valence electrons. The largest absolute Gasteiger partial charge is 0.492 e. The van der Waals surface area contributed by atoms with E-state index < -0.39 is 0 Å². The molecule has 4 aromatic rings. The lowest BCUT2D eigenvalue weighted by Crippen LogP contribution is -2.38. The molecule has 4 rings (SSSR count). The number of amides is 2. The molecule has 0 saturated heterocycles. The summed E-state index contributed by atoms with van der Waals surface area (Å²) >= 11 is 0. The van der Waals surface area contributed by atoms with Crippen LogP contribution in [0, 0.1) is 0 Å². The van der Waals surface area contributed by atoms with Gasteiger partial charge in [0, 0.05) is 0 Å². The van der Waals surface area contributed by atoms with Crippen LogP contribution in [0.3, 0.4) is 0 Å². The molecular formula is C26H26N4O3. The van der Waals surface area contributed by atoms with Gasteiger partial charge in [-0.1, -0.05) is 54.6 Å². The summed E-state index contributed by atoms with van der Waals surface area (Å²) in [5, 5.41) is 2.94. The molecule has 3 aromatic carbocycles. The summed E-state index contributed by atoms with van der Waals surface area (Å²) in [6, 6.07) is 23.6. The Morgan fingerprint density at radius 3 is 2.52 bits per heavy atom. The fraction of sp³-hybridized carbons (Fsp3) is 0.192. The number of para-hydroxylation sites is 4. The number of ether oxygens (including phenoxy) is 1. The number of urea groups is 1. The van der Waals surface area contributed by atoms with E-state index in [0.29, 0.717) is 29.1 Å². The normalized spacial score (nSPS) is 11.7. The number of aromatic amines is 1. The fourth-order valence-corrected chi connectivity index (χ4v) is 3.67. The Hall–Kier alpha value is -4.13. The van der Waals surface area contributed by atoms with E-state index in [4.69, 9.17) is 4.74 Å². The zero-order valence-corrected chi connectivity index (χ0v) is 18.6. The third kappa shape index (κ3) is 5.03. The van der Waals surface area contributed by atoms with E-state index >= 15 is 0 Å². The summed E-state index contributed by atoms with van der Waals surface area (Å²) < 4.78 is 5.65. The van der Waals surface area contributed by atoms with E-state index in [-0.39, 0.29) is 29.9 Å². The zero-order chi connectivity index (χ0) is 23.2. The predicted octanol–water partition coefficient (Wildman–Crippen LogP) is 5.12. The molecule has 0 aliphatic rings. The number of hydrogen-bond acceptors (Lipinski definition) is 4. The first-order valence-electron chi connectivity index (χ1n) is 10.9. The van der Waals surface area contributed by atoms with Gasteiger partial charge in [0.2, 0.25) is 0 Å². The van der Waals surface area contributed by atoms with Crippen LogP contribution in [0.2, 0.25) is 0 Å². The zero-order valence-electron chi connectivity index (χ0n) is 18.6. The molecular weight excluding hydrogens is 416 g/mol. The lowest BCUT2D eigenvalue weighted by atomic mass is 10.1. The summed E-state index contributed by atoms with van der Waals surface area (Å²) in [4.78, 5) is 35.2. The molecule has 2 amide bonds. The number of carbonyl (C=O) groups excluding carboxylic acids is 1. The van der Waals surface area contributed by atoms with Crippen LogP contribution in [0.4, 0.5) is 10.5 Å². The Bertz CT molecular complexity index is 1300. The Morgan fingerprint density at radius 1 is 1.03 bits per heavy atom. The molecule has 0 unspecified atom stereocenters. The van der Waals surface area contributed by atoms with Crippen LogP contribution >= 0.6 is 0 Å². The van der Waals surface area contributed by atoms with E-state index in [2.05, 4.69) is 15.3 Å². The average Bonchev–Trinajstić information content (AvgIpc) is 2.84. The van der Waals surface area contributed by atoms with Crippen molar-refractivity contribution in [2.24, 2.45) is 0 Å². The standard InChI is InChI=1S/C26H26N4O3/c1-3-33-24-16-10-9-15-22(24)29-26(32)30(18(2)19-11-5-4-6-12-19)17-23-25(31)28-21-14-8-7-13-20(21)27-23/h4-16,18H,3,17H2,1-2H3,(H,28,31)(H,29,32)/t18-/m0/s1. The maximum absolute atomic E-state index is 13.5. The van der Waals surface area contributed by atoms with E-state index in [1.165, 1.54) is 0 Å². The number of nitrogens with one attached hydrogen (secondary N) is 2. The van der Waals surface area contributed by atoms with Crippen LogP contribution in [0.15, 0.2) is 83.7 Å². The average molecular weight is 443 g/mol. The van der Waals surface area contributed by atoms with E-state index in [9.17, 15) is 9.59 Å². The van der Waals surface area contributed by atoms with Gasteiger partial charge in [-0.25, -0.2) is 9.78 Å². The minimum Gasteiger partial charge on any atom is -0.492 e. The van der Waals surface area contributed by atoms with Gasteiger partial charge in [-0.15, -0.1) is 0 Å². The summed E-state index contributed by atoms with van der Waals surface area (Å²) in [5.41, 5.74) is 2.79. The highest BCUT2D eigenvalue weighted by Gasteiger charge is 2.24. The Kier molecular flexibility index (Phi) is 6.69. The molecule has 0 spiro atoms. The summed E-state index contributed by atoms with van der Waals surface area (Å²) in [6.45, 7) is 4.34. The number of nitrogens with zero attached hydrogens (tertiary/aromatic N) is 2. The number of benzene rings is 3. The number of H-pyrrole nitrogens is 1. The lowest BCUT2D eigenvalue weighted by Gasteiger charge is -2.29. The van der Waals surface area contributed by atoms with E-state index in [0.717, 1.165) is 5.56 Å². The maximum Gasteiger partial charge on any atom is 0.322 e. The molecule has 0 fully saturated rings. The van der Waals surface area contributed by atoms with Gasteiger partial charge in [0.15, 0.2) is 0 Å². The van der Waals surface area contributed by atoms with Crippen LogP contribution in [0.1, 0.15) is 31.1 Å². The molecule has 0 bridgehead atoms. The first-order chi connectivity index (χ1) is 16.1. The van der Waals surface area contributed by atoms with Crippen LogP contribution in [-0.2, 0) is 6.54 Å². The van der Waals surface area contributed by atoms with Gasteiger partial charge in [0.05, 0.1) is 35.9 Å². The second kappa shape index (κ2) is 9.99. The van der Waals surface area contributed by atoms with Crippen molar-refractivity contribution in [3.8, 4) is 5.75 Å². The van der Waals surface area contributed by atoms with Crippen molar-refractivity contribution >= 4 is 22.8 Å². The number of anilines is 1. The predicted molar refractivity (Wildman–Crippen MR) is 129 cm³/mol. The van der Waals surface area contributed by atoms with Crippen LogP contribution < -0.4 is 15.6 Å². The number of carbonyl (C=O) groups is 1. The van der Waals surface area contributed by atoms with Crippen LogP contribution in [0.5, 0.6) is 5.75 Å². The van der Waals surface area contributed by atoms with E-state index in [1.807, 2.05) is 74.5 Å². The Labute approximate surface area is 192 Å². The summed E-state index contributed by atoms with van der Waals surface area (Å²) in [7, 11) is 0. The molecule has 2 N–H and O–H groups in total. The topological polar surface area (TPSA) is 87.3 Å². The third-order valence-electron chi connectivity index (χ3n) is 5.43. The van der Waals surface area contributed by atoms with Crippen molar-refractivity contribution < 1.29 is 9.53 Å². The quantitative estimate of drug-likeness (QED) is 0.416. The number of rotatable bonds is 7. The van der Waals surface area contributed by atoms with Crippen LogP contribution in [0.25, 0.3) is 11.0 Å². The molecule has 7 nitrogen and oxygen atoms in total. The lowest BCUT2D eigenvalue weighted by molar-refractivity contribution is 0.188. The Balaban J connectivity index is 1.69. The Morgan fingerprint density at radius 2 is 1.73 bits per heavy atom. The first-order valence-corrected chi connectivity index (χ1v) is 10.9. The van der Waals surface area contributed by atoms with Crippen molar-refractivity contribution in [2.45, 2.75) is 26.4 Å². The molecule has 0 radical (unpaired) electrons. The smallest absolute Gasteiger partial charge is 0.322 e. The second-order valence-electron chi connectivity index (χ2n) is 7.60. The molecule has 1 atom stereocenters. The van der Waals surface area contributed by atoms with Gasteiger partial charge in [-0.2, -0.15) is 0 Å². The van der Waals surface area contributed by atoms with Gasteiger partial charge in [-0.3, -0.25) is 4.79 Å². The number of aromatic nitrogens is 2. The third-order valence-corrected chi connectivity index (χ3v) is 5.43.